The molecule has 31 heavy (non-hydrogen) atoms. The van der Waals surface area contributed by atoms with E-state index in [9.17, 15) is 17.6 Å². The summed E-state index contributed by atoms with van der Waals surface area (Å²) in [4.78, 5) is 21.4. The Kier molecular flexibility index (Phi) is 6.36. The Hall–Kier alpha value is -2.36. The zero-order chi connectivity index (χ0) is 22.0. The molecule has 2 fully saturated rings. The highest BCUT2D eigenvalue weighted by atomic mass is 32.2. The van der Waals surface area contributed by atoms with E-state index in [1.165, 1.54) is 34.8 Å². The lowest BCUT2D eigenvalue weighted by Crippen LogP contribution is -2.47. The van der Waals surface area contributed by atoms with E-state index >= 15 is 0 Å². The molecule has 0 radical (unpaired) electrons. The minimum absolute atomic E-state index is 0.0428. The monoisotopic (exact) mass is 446 g/mol. The second-order valence-electron chi connectivity index (χ2n) is 8.19. The molecule has 2 aromatic rings. The maximum Gasteiger partial charge on any atom is 0.244 e. The molecule has 2 aliphatic heterocycles. The lowest BCUT2D eigenvalue weighted by atomic mass is 9.89. The average Bonchev–Trinajstić information content (AvgIpc) is 2.80. The molecule has 0 atom stereocenters. The first kappa shape index (κ1) is 21.9. The molecule has 3 heterocycles. The number of carbonyl (C=O) groups excluding carboxylic acids is 1. The quantitative estimate of drug-likeness (QED) is 0.656. The van der Waals surface area contributed by atoms with Gasteiger partial charge in [-0.1, -0.05) is 0 Å². The number of sulfonamides is 1. The molecule has 0 bridgehead atoms. The van der Waals surface area contributed by atoms with Crippen molar-refractivity contribution >= 4 is 21.6 Å². The van der Waals surface area contributed by atoms with Gasteiger partial charge < -0.3 is 9.80 Å². The second kappa shape index (κ2) is 9.02. The van der Waals surface area contributed by atoms with Gasteiger partial charge in [-0.2, -0.15) is 4.31 Å². The first-order chi connectivity index (χ1) is 14.8. The number of carbonyl (C=O) groups is 1. The number of benzene rings is 1. The largest absolute Gasteiger partial charge is 0.357 e. The molecule has 1 aromatic carbocycles. The first-order valence-corrected chi connectivity index (χ1v) is 12.0. The van der Waals surface area contributed by atoms with Gasteiger partial charge in [0.1, 0.15) is 16.5 Å². The van der Waals surface area contributed by atoms with Crippen molar-refractivity contribution in [3.63, 3.8) is 0 Å². The Morgan fingerprint density at radius 1 is 0.968 bits per heavy atom. The number of anilines is 1. The van der Waals surface area contributed by atoms with Crippen LogP contribution >= 0.6 is 0 Å². The van der Waals surface area contributed by atoms with Gasteiger partial charge in [0.2, 0.25) is 10.0 Å². The number of ketones is 1. The summed E-state index contributed by atoms with van der Waals surface area (Å²) in [6, 6.07) is 9.04. The maximum absolute atomic E-state index is 13.1. The van der Waals surface area contributed by atoms with Crippen LogP contribution < -0.4 is 4.90 Å². The molecule has 4 rings (SSSR count). The third kappa shape index (κ3) is 4.78. The highest BCUT2D eigenvalue weighted by Gasteiger charge is 2.29. The smallest absolute Gasteiger partial charge is 0.244 e. The molecule has 7 nitrogen and oxygen atoms in total. The summed E-state index contributed by atoms with van der Waals surface area (Å²) in [6.07, 6.45) is 2.79. The molecule has 0 aliphatic carbocycles. The third-order valence-electron chi connectivity index (χ3n) is 6.14. The van der Waals surface area contributed by atoms with Crippen LogP contribution in [-0.2, 0) is 10.0 Å². The lowest BCUT2D eigenvalue weighted by Gasteiger charge is -2.33. The molecule has 166 valence electrons. The van der Waals surface area contributed by atoms with Crippen LogP contribution in [0.3, 0.4) is 0 Å². The Morgan fingerprint density at radius 3 is 2.19 bits per heavy atom. The maximum atomic E-state index is 13.1. The van der Waals surface area contributed by atoms with Gasteiger partial charge in [-0.05, 0) is 56.3 Å². The Morgan fingerprint density at radius 2 is 1.61 bits per heavy atom. The molecular weight excluding hydrogens is 419 g/mol. The Balaban J connectivity index is 1.37. The number of nitrogens with zero attached hydrogens (tertiary/aromatic N) is 4. The zero-order valence-corrected chi connectivity index (χ0v) is 18.4. The van der Waals surface area contributed by atoms with Crippen LogP contribution in [0.5, 0.6) is 0 Å². The van der Waals surface area contributed by atoms with E-state index in [1.54, 1.807) is 12.1 Å². The number of pyridine rings is 1. The van der Waals surface area contributed by atoms with Crippen LogP contribution in [0.1, 0.15) is 23.2 Å². The number of rotatable bonds is 5. The molecule has 0 unspecified atom stereocenters. The van der Waals surface area contributed by atoms with Gasteiger partial charge in [-0.15, -0.1) is 0 Å². The van der Waals surface area contributed by atoms with Gasteiger partial charge >= 0.3 is 0 Å². The summed E-state index contributed by atoms with van der Waals surface area (Å²) in [5.41, 5.74) is 0.538. The van der Waals surface area contributed by atoms with Crippen LogP contribution in [-0.4, -0.2) is 74.7 Å². The topological polar surface area (TPSA) is 73.8 Å². The van der Waals surface area contributed by atoms with E-state index in [0.717, 1.165) is 13.1 Å². The average molecular weight is 447 g/mol. The molecule has 0 N–H and O–H groups in total. The van der Waals surface area contributed by atoms with Gasteiger partial charge in [0.05, 0.1) is 0 Å². The van der Waals surface area contributed by atoms with Gasteiger partial charge in [0.15, 0.2) is 5.78 Å². The normalized spacial score (nSPS) is 19.5. The van der Waals surface area contributed by atoms with Crippen LogP contribution in [0.25, 0.3) is 0 Å². The van der Waals surface area contributed by atoms with Crippen LogP contribution in [0.4, 0.5) is 10.2 Å². The number of aromatic nitrogens is 1. The summed E-state index contributed by atoms with van der Waals surface area (Å²) < 4.78 is 40.3. The molecule has 2 aliphatic rings. The Labute approximate surface area is 182 Å². The fourth-order valence-corrected chi connectivity index (χ4v) is 5.48. The molecule has 2 saturated heterocycles. The fraction of sp³-hybridized carbons (Fsp3) is 0.455. The number of piperidine rings is 1. The molecule has 0 spiro atoms. The van der Waals surface area contributed by atoms with Crippen molar-refractivity contribution in [2.75, 3.05) is 51.2 Å². The van der Waals surface area contributed by atoms with E-state index in [0.29, 0.717) is 50.4 Å². The first-order valence-electron chi connectivity index (χ1n) is 10.5. The van der Waals surface area contributed by atoms with E-state index < -0.39 is 10.0 Å². The van der Waals surface area contributed by atoms with Gasteiger partial charge in [0.25, 0.3) is 0 Å². The van der Waals surface area contributed by atoms with E-state index in [4.69, 9.17) is 0 Å². The van der Waals surface area contributed by atoms with Crippen LogP contribution in [0.15, 0.2) is 47.5 Å². The molecule has 0 amide bonds. The third-order valence-corrected chi connectivity index (χ3v) is 8.02. The molecule has 9 heteroatoms. The summed E-state index contributed by atoms with van der Waals surface area (Å²) in [5, 5.41) is 0. The van der Waals surface area contributed by atoms with Gasteiger partial charge in [-0.3, -0.25) is 4.79 Å². The van der Waals surface area contributed by atoms with Crippen molar-refractivity contribution < 1.29 is 17.6 Å². The predicted octanol–water partition coefficient (Wildman–Crippen LogP) is 2.26. The predicted molar refractivity (Wildman–Crippen MR) is 116 cm³/mol. The van der Waals surface area contributed by atoms with E-state index in [-0.39, 0.29) is 22.4 Å². The summed E-state index contributed by atoms with van der Waals surface area (Å²) >= 11 is 0. The van der Waals surface area contributed by atoms with Crippen LogP contribution in [0, 0.1) is 11.7 Å². The lowest BCUT2D eigenvalue weighted by molar-refractivity contribution is 0.0900. The zero-order valence-electron chi connectivity index (χ0n) is 17.6. The fourth-order valence-electron chi connectivity index (χ4n) is 4.11. The van der Waals surface area contributed by atoms with Gasteiger partial charge in [-0.25, -0.2) is 17.8 Å². The van der Waals surface area contributed by atoms with Crippen LogP contribution in [0.2, 0.25) is 0 Å². The van der Waals surface area contributed by atoms with Gasteiger partial charge in [0, 0.05) is 56.9 Å². The second-order valence-corrected chi connectivity index (χ2v) is 10.1. The minimum atomic E-state index is -3.53. The van der Waals surface area contributed by atoms with E-state index in [1.807, 2.05) is 7.05 Å². The van der Waals surface area contributed by atoms with E-state index in [2.05, 4.69) is 14.8 Å². The highest BCUT2D eigenvalue weighted by molar-refractivity contribution is 7.89. The minimum Gasteiger partial charge on any atom is -0.357 e. The van der Waals surface area contributed by atoms with Crippen molar-refractivity contribution in [1.82, 2.24) is 14.2 Å². The number of hydrogen-bond acceptors (Lipinski definition) is 6. The molecule has 0 saturated carbocycles. The highest BCUT2D eigenvalue weighted by Crippen LogP contribution is 2.26. The Bertz CT molecular complexity index is 1010. The summed E-state index contributed by atoms with van der Waals surface area (Å²) in [7, 11) is -1.55. The van der Waals surface area contributed by atoms with Crippen molar-refractivity contribution in [2.24, 2.45) is 5.92 Å². The van der Waals surface area contributed by atoms with Crippen molar-refractivity contribution in [3.8, 4) is 0 Å². The van der Waals surface area contributed by atoms with Crippen molar-refractivity contribution in [1.29, 1.82) is 0 Å². The van der Waals surface area contributed by atoms with Crippen molar-refractivity contribution in [2.45, 2.75) is 17.7 Å². The number of Topliss-reactive ketones (excluding diaryl/α,β-unsaturated/α-hetero) is 1. The van der Waals surface area contributed by atoms with Crippen molar-refractivity contribution in [3.05, 3.63) is 54.0 Å². The summed E-state index contributed by atoms with van der Waals surface area (Å²) in [6.45, 7) is 3.73. The standard InChI is InChI=1S/C22H27FN4O3S/c1-25-12-14-27(15-13-25)31(29,30)20-6-7-21(24-16-20)26-10-8-18(9-11-26)22(28)17-2-4-19(23)5-3-17/h2-7,16,18H,8-15H2,1H3. The summed E-state index contributed by atoms with van der Waals surface area (Å²) in [5.74, 6) is 0.306. The molecule has 1 aromatic heterocycles. The molecular formula is C22H27FN4O3S. The SMILES string of the molecule is CN1CCN(S(=O)(=O)c2ccc(N3CCC(C(=O)c4ccc(F)cc4)CC3)nc2)CC1. The number of piperazine rings is 1. The number of likely N-dealkylation sites (N-methyl/N-ethyl adjacent to an activating group) is 1. The number of hydrogen-bond donors (Lipinski definition) is 0. The number of halogens is 1.